The Morgan fingerprint density at radius 1 is 1.41 bits per heavy atom. The van der Waals surface area contributed by atoms with Crippen molar-refractivity contribution < 1.29 is 4.74 Å². The van der Waals surface area contributed by atoms with Crippen LogP contribution >= 0.6 is 0 Å². The number of hydrogen-bond acceptors (Lipinski definition) is 4. The lowest BCUT2D eigenvalue weighted by molar-refractivity contribution is 0.399. The number of pyridine rings is 1. The van der Waals surface area contributed by atoms with Crippen LogP contribution in [0.15, 0.2) is 12.1 Å². The molecule has 5 heteroatoms. The average molecular weight is 234 g/mol. The summed E-state index contributed by atoms with van der Waals surface area (Å²) >= 11 is 0. The van der Waals surface area contributed by atoms with Crippen molar-refractivity contribution >= 4 is 11.2 Å². The molecule has 5 nitrogen and oxygen atoms in total. The van der Waals surface area contributed by atoms with Gasteiger partial charge in [-0.1, -0.05) is 13.8 Å². The van der Waals surface area contributed by atoms with Crippen LogP contribution < -0.4 is 10.1 Å². The first kappa shape index (κ1) is 11.9. The zero-order chi connectivity index (χ0) is 12.3. The van der Waals surface area contributed by atoms with Gasteiger partial charge < -0.3 is 15.0 Å². The third-order valence-electron chi connectivity index (χ3n) is 2.72. The smallest absolute Gasteiger partial charge is 0.215 e. The summed E-state index contributed by atoms with van der Waals surface area (Å²) in [6.45, 7) is 6.11. The third kappa shape index (κ3) is 2.55. The van der Waals surface area contributed by atoms with E-state index in [0.717, 1.165) is 24.4 Å². The Labute approximate surface area is 101 Å². The predicted molar refractivity (Wildman–Crippen MR) is 67.4 cm³/mol. The Morgan fingerprint density at radius 2 is 2.24 bits per heavy atom. The fraction of sp³-hybridized carbons (Fsp3) is 0.500. The van der Waals surface area contributed by atoms with E-state index in [-0.39, 0.29) is 0 Å². The second-order valence-electron chi connectivity index (χ2n) is 4.06. The van der Waals surface area contributed by atoms with Crippen LogP contribution in [0, 0.1) is 0 Å². The highest BCUT2D eigenvalue weighted by Gasteiger charge is 2.11. The van der Waals surface area contributed by atoms with Gasteiger partial charge in [-0.25, -0.2) is 4.98 Å². The molecule has 0 aliphatic carbocycles. The summed E-state index contributed by atoms with van der Waals surface area (Å²) < 4.78 is 5.08. The van der Waals surface area contributed by atoms with Crippen molar-refractivity contribution in [2.45, 2.75) is 19.8 Å². The SMILES string of the molecule is CCNCC(C)c1nc2nc(OC)ccc2[nH]1. The van der Waals surface area contributed by atoms with Crippen molar-refractivity contribution in [1.82, 2.24) is 20.3 Å². The first-order valence-electron chi connectivity index (χ1n) is 5.86. The molecule has 2 N–H and O–H groups in total. The van der Waals surface area contributed by atoms with E-state index in [1.807, 2.05) is 12.1 Å². The van der Waals surface area contributed by atoms with Gasteiger partial charge in [0.1, 0.15) is 5.82 Å². The van der Waals surface area contributed by atoms with E-state index in [0.29, 0.717) is 17.4 Å². The Kier molecular flexibility index (Phi) is 3.58. The zero-order valence-corrected chi connectivity index (χ0v) is 10.4. The molecule has 1 unspecified atom stereocenters. The van der Waals surface area contributed by atoms with Gasteiger partial charge in [0.15, 0.2) is 5.65 Å². The van der Waals surface area contributed by atoms with Gasteiger partial charge in [-0.2, -0.15) is 4.98 Å². The van der Waals surface area contributed by atoms with Gasteiger partial charge in [-0.15, -0.1) is 0 Å². The molecular weight excluding hydrogens is 216 g/mol. The molecule has 2 heterocycles. The number of likely N-dealkylation sites (N-methyl/N-ethyl adjacent to an activating group) is 1. The van der Waals surface area contributed by atoms with Crippen molar-refractivity contribution in [3.05, 3.63) is 18.0 Å². The van der Waals surface area contributed by atoms with Gasteiger partial charge in [0, 0.05) is 18.5 Å². The minimum atomic E-state index is 0.343. The summed E-state index contributed by atoms with van der Waals surface area (Å²) in [6.07, 6.45) is 0. The number of nitrogens with one attached hydrogen (secondary N) is 2. The lowest BCUT2D eigenvalue weighted by Gasteiger charge is -2.07. The van der Waals surface area contributed by atoms with Crippen LogP contribution in [0.25, 0.3) is 11.2 Å². The number of methoxy groups -OCH3 is 1. The summed E-state index contributed by atoms with van der Waals surface area (Å²) in [6, 6.07) is 3.77. The van der Waals surface area contributed by atoms with E-state index in [1.165, 1.54) is 0 Å². The Hall–Kier alpha value is -1.62. The Morgan fingerprint density at radius 3 is 2.94 bits per heavy atom. The number of aromatic amines is 1. The van der Waals surface area contributed by atoms with Crippen LogP contribution in [0.5, 0.6) is 5.88 Å². The molecule has 1 atom stereocenters. The number of ether oxygens (including phenoxy) is 1. The number of imidazole rings is 1. The minimum Gasteiger partial charge on any atom is -0.481 e. The van der Waals surface area contributed by atoms with Crippen LogP contribution in [0.3, 0.4) is 0 Å². The first-order chi connectivity index (χ1) is 8.24. The summed E-state index contributed by atoms with van der Waals surface area (Å²) in [5.74, 6) is 1.90. The summed E-state index contributed by atoms with van der Waals surface area (Å²) in [5.41, 5.74) is 1.66. The van der Waals surface area contributed by atoms with Gasteiger partial charge in [-0.3, -0.25) is 0 Å². The molecular formula is C12H18N4O. The van der Waals surface area contributed by atoms with Crippen molar-refractivity contribution in [1.29, 1.82) is 0 Å². The number of fused-ring (bicyclic) bond motifs is 1. The fourth-order valence-corrected chi connectivity index (χ4v) is 1.70. The molecule has 0 aromatic carbocycles. The number of H-pyrrole nitrogens is 1. The third-order valence-corrected chi connectivity index (χ3v) is 2.72. The maximum Gasteiger partial charge on any atom is 0.215 e. The monoisotopic (exact) mass is 234 g/mol. The van der Waals surface area contributed by atoms with Gasteiger partial charge in [0.2, 0.25) is 5.88 Å². The van der Waals surface area contributed by atoms with E-state index >= 15 is 0 Å². The van der Waals surface area contributed by atoms with Crippen molar-refractivity contribution in [3.63, 3.8) is 0 Å². The maximum absolute atomic E-state index is 5.08. The zero-order valence-electron chi connectivity index (χ0n) is 10.4. The summed E-state index contributed by atoms with van der Waals surface area (Å²) in [7, 11) is 1.61. The lowest BCUT2D eigenvalue weighted by Crippen LogP contribution is -2.20. The van der Waals surface area contributed by atoms with Crippen LogP contribution in [0.4, 0.5) is 0 Å². The quantitative estimate of drug-likeness (QED) is 0.826. The van der Waals surface area contributed by atoms with Crippen molar-refractivity contribution in [3.8, 4) is 5.88 Å². The molecule has 0 aliphatic heterocycles. The van der Waals surface area contributed by atoms with Crippen LogP contribution in [-0.4, -0.2) is 35.2 Å². The van der Waals surface area contributed by atoms with Gasteiger partial charge in [0.25, 0.3) is 0 Å². The molecule has 0 aliphatic rings. The standard InChI is InChI=1S/C12H18N4O/c1-4-13-7-8(2)11-14-9-5-6-10(17-3)15-12(9)16-11/h5-6,8,13H,4,7H2,1-3H3,(H,14,15,16). The Bertz CT molecular complexity index is 494. The molecule has 2 rings (SSSR count). The second-order valence-corrected chi connectivity index (χ2v) is 4.06. The summed E-state index contributed by atoms with van der Waals surface area (Å²) in [4.78, 5) is 12.1. The van der Waals surface area contributed by atoms with Gasteiger partial charge in [-0.05, 0) is 12.6 Å². The number of hydrogen-bond donors (Lipinski definition) is 2. The molecule has 92 valence electrons. The molecule has 0 bridgehead atoms. The maximum atomic E-state index is 5.08. The number of aromatic nitrogens is 3. The van der Waals surface area contributed by atoms with Gasteiger partial charge >= 0.3 is 0 Å². The second kappa shape index (κ2) is 5.14. The highest BCUT2D eigenvalue weighted by atomic mass is 16.5. The van der Waals surface area contributed by atoms with E-state index in [4.69, 9.17) is 4.74 Å². The number of nitrogens with zero attached hydrogens (tertiary/aromatic N) is 2. The molecule has 0 spiro atoms. The van der Waals surface area contributed by atoms with Crippen molar-refractivity contribution in [2.75, 3.05) is 20.2 Å². The molecule has 17 heavy (non-hydrogen) atoms. The molecule has 2 aromatic rings. The predicted octanol–water partition coefficient (Wildman–Crippen LogP) is 1.68. The Balaban J connectivity index is 2.24. The van der Waals surface area contributed by atoms with Gasteiger partial charge in [0.05, 0.1) is 12.6 Å². The minimum absolute atomic E-state index is 0.343. The van der Waals surface area contributed by atoms with Crippen LogP contribution in [-0.2, 0) is 0 Å². The molecule has 0 saturated heterocycles. The lowest BCUT2D eigenvalue weighted by atomic mass is 10.2. The van der Waals surface area contributed by atoms with Crippen molar-refractivity contribution in [2.24, 2.45) is 0 Å². The molecule has 0 radical (unpaired) electrons. The molecule has 0 fully saturated rings. The highest BCUT2D eigenvalue weighted by molar-refractivity contribution is 5.71. The average Bonchev–Trinajstić information content (AvgIpc) is 2.78. The molecule has 2 aromatic heterocycles. The normalized spacial score (nSPS) is 12.9. The largest absolute Gasteiger partial charge is 0.481 e. The summed E-state index contributed by atoms with van der Waals surface area (Å²) in [5, 5.41) is 3.31. The molecule has 0 saturated carbocycles. The fourth-order valence-electron chi connectivity index (χ4n) is 1.70. The molecule has 0 amide bonds. The van der Waals surface area contributed by atoms with Crippen LogP contribution in [0.1, 0.15) is 25.6 Å². The van der Waals surface area contributed by atoms with E-state index < -0.39 is 0 Å². The first-order valence-corrected chi connectivity index (χ1v) is 5.86. The van der Waals surface area contributed by atoms with E-state index in [1.54, 1.807) is 7.11 Å². The highest BCUT2D eigenvalue weighted by Crippen LogP contribution is 2.18. The van der Waals surface area contributed by atoms with E-state index in [9.17, 15) is 0 Å². The van der Waals surface area contributed by atoms with E-state index in [2.05, 4.69) is 34.1 Å². The number of rotatable bonds is 5. The topological polar surface area (TPSA) is 62.8 Å². The van der Waals surface area contributed by atoms with Crippen LogP contribution in [0.2, 0.25) is 0 Å².